The Kier molecular flexibility index (Phi) is 2.19. The number of rotatable bonds is 1. The molecule has 0 spiro atoms. The number of phenols is 1. The normalized spacial score (nSPS) is 9.42. The van der Waals surface area contributed by atoms with Crippen molar-refractivity contribution in [2.75, 3.05) is 11.1 Å². The number of anilines is 2. The number of nitrogens with two attached hydrogens (primary N) is 1. The van der Waals surface area contributed by atoms with Crippen LogP contribution in [0.5, 0.6) is 5.75 Å². The molecule has 0 aliphatic carbocycles. The zero-order valence-corrected chi connectivity index (χ0v) is 6.66. The van der Waals surface area contributed by atoms with Gasteiger partial charge >= 0.3 is 0 Å². The van der Waals surface area contributed by atoms with Gasteiger partial charge in [0.15, 0.2) is 0 Å². The Bertz CT molecular complexity index is 310. The molecule has 0 aliphatic heterocycles. The van der Waals surface area contributed by atoms with Gasteiger partial charge in [0.25, 0.3) is 0 Å². The van der Waals surface area contributed by atoms with Crippen LogP contribution >= 0.6 is 0 Å². The SMILES string of the molecule is CC(=O)Nc1cc(N)ccc1O. The monoisotopic (exact) mass is 166 g/mol. The molecule has 0 bridgehead atoms. The zero-order chi connectivity index (χ0) is 9.14. The maximum Gasteiger partial charge on any atom is 0.221 e. The number of nitrogen functional groups attached to an aromatic ring is 1. The first kappa shape index (κ1) is 8.39. The number of benzene rings is 1. The van der Waals surface area contributed by atoms with E-state index in [4.69, 9.17) is 5.73 Å². The maximum atomic E-state index is 10.6. The van der Waals surface area contributed by atoms with E-state index >= 15 is 0 Å². The molecule has 0 atom stereocenters. The first-order chi connectivity index (χ1) is 5.59. The minimum Gasteiger partial charge on any atom is -0.506 e. The van der Waals surface area contributed by atoms with Gasteiger partial charge in [0, 0.05) is 12.6 Å². The second-order valence-corrected chi connectivity index (χ2v) is 2.46. The topological polar surface area (TPSA) is 75.4 Å². The maximum absolute atomic E-state index is 10.6. The molecule has 64 valence electrons. The fraction of sp³-hybridized carbons (Fsp3) is 0.125. The van der Waals surface area contributed by atoms with E-state index < -0.39 is 0 Å². The van der Waals surface area contributed by atoms with Crippen LogP contribution in [-0.2, 0) is 4.79 Å². The van der Waals surface area contributed by atoms with Crippen LogP contribution in [0.4, 0.5) is 11.4 Å². The van der Waals surface area contributed by atoms with Crippen molar-refractivity contribution in [3.05, 3.63) is 18.2 Å². The van der Waals surface area contributed by atoms with E-state index in [9.17, 15) is 9.90 Å². The third kappa shape index (κ3) is 1.88. The summed E-state index contributed by atoms with van der Waals surface area (Å²) < 4.78 is 0. The van der Waals surface area contributed by atoms with Crippen LogP contribution in [0.1, 0.15) is 6.92 Å². The third-order valence-electron chi connectivity index (χ3n) is 1.33. The predicted octanol–water partition coefficient (Wildman–Crippen LogP) is 0.933. The van der Waals surface area contributed by atoms with Crippen molar-refractivity contribution in [1.82, 2.24) is 0 Å². The molecule has 1 aromatic rings. The molecule has 1 aromatic carbocycles. The molecular weight excluding hydrogens is 156 g/mol. The lowest BCUT2D eigenvalue weighted by Crippen LogP contribution is -2.06. The number of aromatic hydroxyl groups is 1. The van der Waals surface area contributed by atoms with Gasteiger partial charge in [-0.05, 0) is 18.2 Å². The molecule has 0 unspecified atom stereocenters. The first-order valence-corrected chi connectivity index (χ1v) is 3.45. The summed E-state index contributed by atoms with van der Waals surface area (Å²) in [6.07, 6.45) is 0. The number of nitrogens with one attached hydrogen (secondary N) is 1. The Morgan fingerprint density at radius 1 is 1.58 bits per heavy atom. The molecule has 4 heteroatoms. The summed E-state index contributed by atoms with van der Waals surface area (Å²) in [7, 11) is 0. The van der Waals surface area contributed by atoms with E-state index in [1.807, 2.05) is 0 Å². The molecule has 4 N–H and O–H groups in total. The fourth-order valence-electron chi connectivity index (χ4n) is 0.843. The Hall–Kier alpha value is -1.71. The van der Waals surface area contributed by atoms with Gasteiger partial charge in [-0.1, -0.05) is 0 Å². The van der Waals surface area contributed by atoms with Gasteiger partial charge in [0.2, 0.25) is 5.91 Å². The van der Waals surface area contributed by atoms with E-state index in [2.05, 4.69) is 5.32 Å². The summed E-state index contributed by atoms with van der Waals surface area (Å²) in [5.74, 6) is -0.227. The largest absolute Gasteiger partial charge is 0.506 e. The summed E-state index contributed by atoms with van der Waals surface area (Å²) >= 11 is 0. The summed E-state index contributed by atoms with van der Waals surface area (Å²) in [5.41, 5.74) is 6.27. The molecule has 0 aromatic heterocycles. The highest BCUT2D eigenvalue weighted by atomic mass is 16.3. The first-order valence-electron chi connectivity index (χ1n) is 3.45. The van der Waals surface area contributed by atoms with Crippen LogP contribution in [0, 0.1) is 0 Å². The van der Waals surface area contributed by atoms with Gasteiger partial charge in [-0.2, -0.15) is 0 Å². The molecular formula is C8H10N2O2. The average Bonchev–Trinajstić information content (AvgIpc) is 1.96. The van der Waals surface area contributed by atoms with Crippen LogP contribution in [0.2, 0.25) is 0 Å². The van der Waals surface area contributed by atoms with Crippen molar-refractivity contribution < 1.29 is 9.90 Å². The van der Waals surface area contributed by atoms with E-state index in [0.29, 0.717) is 11.4 Å². The number of carbonyl (C=O) groups is 1. The molecule has 1 amide bonds. The van der Waals surface area contributed by atoms with Crippen LogP contribution < -0.4 is 11.1 Å². The van der Waals surface area contributed by atoms with Crippen LogP contribution in [-0.4, -0.2) is 11.0 Å². The van der Waals surface area contributed by atoms with Crippen molar-refractivity contribution >= 4 is 17.3 Å². The van der Waals surface area contributed by atoms with Crippen molar-refractivity contribution in [1.29, 1.82) is 0 Å². The lowest BCUT2D eigenvalue weighted by atomic mass is 10.2. The Labute approximate surface area is 70.0 Å². The molecule has 12 heavy (non-hydrogen) atoms. The summed E-state index contributed by atoms with van der Waals surface area (Å²) in [5, 5.41) is 11.7. The Morgan fingerprint density at radius 2 is 2.25 bits per heavy atom. The standard InChI is InChI=1S/C8H10N2O2/c1-5(11)10-7-4-6(9)2-3-8(7)12/h2-4,12H,9H2,1H3,(H,10,11). The second-order valence-electron chi connectivity index (χ2n) is 2.46. The lowest BCUT2D eigenvalue weighted by Gasteiger charge is -2.04. The van der Waals surface area contributed by atoms with E-state index in [0.717, 1.165) is 0 Å². The van der Waals surface area contributed by atoms with Gasteiger partial charge in [-0.3, -0.25) is 4.79 Å². The quantitative estimate of drug-likeness (QED) is 0.330. The Morgan fingerprint density at radius 3 is 2.83 bits per heavy atom. The molecule has 0 aliphatic rings. The molecule has 0 heterocycles. The number of hydrogen-bond acceptors (Lipinski definition) is 3. The predicted molar refractivity (Wildman–Crippen MR) is 46.8 cm³/mol. The van der Waals surface area contributed by atoms with Gasteiger partial charge in [-0.25, -0.2) is 0 Å². The summed E-state index contributed by atoms with van der Waals surface area (Å²) in [6, 6.07) is 4.48. The molecule has 1 rings (SSSR count). The number of hydrogen-bond donors (Lipinski definition) is 3. The highest BCUT2D eigenvalue weighted by Crippen LogP contribution is 2.24. The van der Waals surface area contributed by atoms with Crippen LogP contribution in [0.25, 0.3) is 0 Å². The van der Waals surface area contributed by atoms with Crippen molar-refractivity contribution in [3.63, 3.8) is 0 Å². The van der Waals surface area contributed by atoms with Gasteiger partial charge in [-0.15, -0.1) is 0 Å². The second kappa shape index (κ2) is 3.13. The molecule has 0 fully saturated rings. The highest BCUT2D eigenvalue weighted by molar-refractivity contribution is 5.90. The van der Waals surface area contributed by atoms with Crippen molar-refractivity contribution in [2.45, 2.75) is 6.92 Å². The molecule has 0 radical (unpaired) electrons. The van der Waals surface area contributed by atoms with E-state index in [1.165, 1.54) is 19.1 Å². The third-order valence-corrected chi connectivity index (χ3v) is 1.33. The van der Waals surface area contributed by atoms with Gasteiger partial charge in [0.05, 0.1) is 5.69 Å². The summed E-state index contributed by atoms with van der Waals surface area (Å²) in [6.45, 7) is 1.36. The number of amides is 1. The molecule has 4 nitrogen and oxygen atoms in total. The van der Waals surface area contributed by atoms with Crippen molar-refractivity contribution in [3.8, 4) is 5.75 Å². The smallest absolute Gasteiger partial charge is 0.221 e. The minimum absolute atomic E-state index is 0.0133. The Balaban J connectivity index is 2.97. The lowest BCUT2D eigenvalue weighted by molar-refractivity contribution is -0.114. The van der Waals surface area contributed by atoms with Crippen LogP contribution in [0.3, 0.4) is 0 Å². The fourth-order valence-corrected chi connectivity index (χ4v) is 0.843. The van der Waals surface area contributed by atoms with Gasteiger partial charge < -0.3 is 16.2 Å². The van der Waals surface area contributed by atoms with Gasteiger partial charge in [0.1, 0.15) is 5.75 Å². The highest BCUT2D eigenvalue weighted by Gasteiger charge is 2.01. The zero-order valence-electron chi connectivity index (χ0n) is 6.66. The van der Waals surface area contributed by atoms with Crippen LogP contribution in [0.15, 0.2) is 18.2 Å². The average molecular weight is 166 g/mol. The minimum atomic E-state index is -0.240. The summed E-state index contributed by atoms with van der Waals surface area (Å²) in [4.78, 5) is 10.6. The molecule has 0 saturated heterocycles. The van der Waals surface area contributed by atoms with E-state index in [1.54, 1.807) is 6.07 Å². The number of phenolic OH excluding ortho intramolecular Hbond substituents is 1. The number of carbonyl (C=O) groups excluding carboxylic acids is 1. The van der Waals surface area contributed by atoms with E-state index in [-0.39, 0.29) is 11.7 Å². The molecule has 0 saturated carbocycles. The van der Waals surface area contributed by atoms with Crippen molar-refractivity contribution in [2.24, 2.45) is 0 Å².